The molecule has 0 N–H and O–H groups in total. The summed E-state index contributed by atoms with van der Waals surface area (Å²) in [7, 11) is 0. The maximum atomic E-state index is 8.97. The molecule has 16 heavy (non-hydrogen) atoms. The fraction of sp³-hybridized carbons (Fsp3) is 0.167. The molecule has 0 bridgehead atoms. The second kappa shape index (κ2) is 5.09. The Bertz CT molecular complexity index is 537. The van der Waals surface area contributed by atoms with Gasteiger partial charge >= 0.3 is 0 Å². The number of rotatable bonds is 1. The Labute approximate surface area is 109 Å². The van der Waals surface area contributed by atoms with Crippen molar-refractivity contribution in [2.45, 2.75) is 13.8 Å². The molecule has 84 valence electrons. The monoisotopic (exact) mass is 391 g/mol. The van der Waals surface area contributed by atoms with Crippen LogP contribution in [0.15, 0.2) is 24.3 Å². The van der Waals surface area contributed by atoms with Crippen molar-refractivity contribution in [3.05, 3.63) is 47.3 Å². The van der Waals surface area contributed by atoms with Gasteiger partial charge in [0.25, 0.3) is 0 Å². The molecule has 3 nitrogen and oxygen atoms in total. The first-order chi connectivity index (χ1) is 7.22. The SMILES string of the molecule is Cc1cc(C)n(-c2[c-]cccc2C#N)n1.[Pt]. The van der Waals surface area contributed by atoms with E-state index in [2.05, 4.69) is 17.2 Å². The van der Waals surface area contributed by atoms with Gasteiger partial charge in [-0.3, -0.25) is 4.68 Å². The molecule has 1 aromatic carbocycles. The van der Waals surface area contributed by atoms with E-state index in [1.807, 2.05) is 19.9 Å². The molecule has 0 aliphatic rings. The van der Waals surface area contributed by atoms with Gasteiger partial charge in [-0.25, -0.2) is 5.26 Å². The summed E-state index contributed by atoms with van der Waals surface area (Å²) < 4.78 is 1.74. The van der Waals surface area contributed by atoms with Crippen LogP contribution < -0.4 is 0 Å². The van der Waals surface area contributed by atoms with Gasteiger partial charge in [0.1, 0.15) is 0 Å². The molecule has 0 fully saturated rings. The minimum Gasteiger partial charge on any atom is -0.261 e. The zero-order valence-corrected chi connectivity index (χ0v) is 11.2. The molecule has 0 aliphatic heterocycles. The van der Waals surface area contributed by atoms with Gasteiger partial charge in [0.05, 0.1) is 5.69 Å². The second-order valence-corrected chi connectivity index (χ2v) is 3.38. The summed E-state index contributed by atoms with van der Waals surface area (Å²) in [6, 6.07) is 12.5. The number of hydrogen-bond donors (Lipinski definition) is 0. The van der Waals surface area contributed by atoms with Gasteiger partial charge in [-0.2, -0.15) is 29.4 Å². The molecule has 0 amide bonds. The van der Waals surface area contributed by atoms with Gasteiger partial charge in [-0.05, 0) is 31.2 Å². The van der Waals surface area contributed by atoms with E-state index in [4.69, 9.17) is 5.26 Å². The molecular weight excluding hydrogens is 381 g/mol. The fourth-order valence-electron chi connectivity index (χ4n) is 1.55. The average molecular weight is 391 g/mol. The molecule has 0 atom stereocenters. The standard InChI is InChI=1S/C12H10N3.Pt/c1-9-7-10(2)15(14-9)12-6-4-3-5-11(12)8-13;/h3-5,7H,1-2H3;/q-1;. The van der Waals surface area contributed by atoms with Crippen LogP contribution in [0, 0.1) is 31.2 Å². The van der Waals surface area contributed by atoms with Gasteiger partial charge in [0, 0.05) is 32.8 Å². The smallest absolute Gasteiger partial charge is 0.0600 e. The van der Waals surface area contributed by atoms with E-state index in [1.165, 1.54) is 0 Å². The van der Waals surface area contributed by atoms with Crippen molar-refractivity contribution in [1.82, 2.24) is 9.78 Å². The van der Waals surface area contributed by atoms with E-state index in [0.29, 0.717) is 11.3 Å². The predicted octanol–water partition coefficient (Wildman–Crippen LogP) is 2.16. The zero-order valence-electron chi connectivity index (χ0n) is 8.97. The first-order valence-electron chi connectivity index (χ1n) is 4.67. The molecule has 0 unspecified atom stereocenters. The first kappa shape index (κ1) is 12.7. The molecule has 1 aromatic heterocycles. The Morgan fingerprint density at radius 2 is 2.19 bits per heavy atom. The summed E-state index contributed by atoms with van der Waals surface area (Å²) >= 11 is 0. The molecule has 0 spiro atoms. The minimum absolute atomic E-state index is 0. The second-order valence-electron chi connectivity index (χ2n) is 3.38. The van der Waals surface area contributed by atoms with Crippen LogP contribution in [0.1, 0.15) is 17.0 Å². The minimum atomic E-state index is 0. The molecule has 0 saturated carbocycles. The summed E-state index contributed by atoms with van der Waals surface area (Å²) in [4.78, 5) is 0. The third-order valence-corrected chi connectivity index (χ3v) is 2.18. The summed E-state index contributed by atoms with van der Waals surface area (Å²) in [5.41, 5.74) is 3.24. The molecule has 0 saturated heterocycles. The molecular formula is C12H10N3Pt-. The summed E-state index contributed by atoms with van der Waals surface area (Å²) in [6.07, 6.45) is 0. The predicted molar refractivity (Wildman–Crippen MR) is 56.6 cm³/mol. The summed E-state index contributed by atoms with van der Waals surface area (Å²) in [5.74, 6) is 0. The first-order valence-corrected chi connectivity index (χ1v) is 4.67. The number of benzene rings is 1. The van der Waals surface area contributed by atoms with Crippen molar-refractivity contribution in [3.63, 3.8) is 0 Å². The van der Waals surface area contributed by atoms with E-state index in [0.717, 1.165) is 11.4 Å². The largest absolute Gasteiger partial charge is 0.261 e. The normalized spacial score (nSPS) is 9.31. The Hall–Kier alpha value is -1.39. The van der Waals surface area contributed by atoms with E-state index in [-0.39, 0.29) is 21.1 Å². The number of para-hydroxylation sites is 1. The number of nitrogens with zero attached hydrogens (tertiary/aromatic N) is 3. The molecule has 0 aliphatic carbocycles. The van der Waals surface area contributed by atoms with Gasteiger partial charge in [0.15, 0.2) is 0 Å². The van der Waals surface area contributed by atoms with Crippen molar-refractivity contribution >= 4 is 0 Å². The Kier molecular flexibility index (Phi) is 4.04. The molecule has 2 aromatic rings. The van der Waals surface area contributed by atoms with Crippen molar-refractivity contribution in [1.29, 1.82) is 5.26 Å². The third-order valence-electron chi connectivity index (χ3n) is 2.18. The maximum Gasteiger partial charge on any atom is 0.0600 e. The quantitative estimate of drug-likeness (QED) is 0.700. The zero-order chi connectivity index (χ0) is 10.8. The number of nitriles is 1. The van der Waals surface area contributed by atoms with Crippen molar-refractivity contribution in [2.75, 3.05) is 0 Å². The Balaban J connectivity index is 0.00000128. The van der Waals surface area contributed by atoms with Gasteiger partial charge in [-0.1, -0.05) is 0 Å². The number of aryl methyl sites for hydroxylation is 2. The van der Waals surface area contributed by atoms with Crippen LogP contribution in [0.2, 0.25) is 0 Å². The molecule has 4 heteroatoms. The summed E-state index contributed by atoms with van der Waals surface area (Å²) in [6.45, 7) is 3.89. The fourth-order valence-corrected chi connectivity index (χ4v) is 1.55. The van der Waals surface area contributed by atoms with Crippen LogP contribution >= 0.6 is 0 Å². The van der Waals surface area contributed by atoms with Crippen LogP contribution in [-0.2, 0) is 21.1 Å². The molecule has 0 radical (unpaired) electrons. The van der Waals surface area contributed by atoms with Gasteiger partial charge < -0.3 is 0 Å². The van der Waals surface area contributed by atoms with E-state index >= 15 is 0 Å². The van der Waals surface area contributed by atoms with Crippen molar-refractivity contribution < 1.29 is 21.1 Å². The van der Waals surface area contributed by atoms with Gasteiger partial charge in [0.2, 0.25) is 0 Å². The topological polar surface area (TPSA) is 41.6 Å². The van der Waals surface area contributed by atoms with E-state index in [9.17, 15) is 0 Å². The van der Waals surface area contributed by atoms with Gasteiger partial charge in [-0.15, -0.1) is 0 Å². The Morgan fingerprint density at radius 3 is 2.75 bits per heavy atom. The number of aromatic nitrogens is 2. The van der Waals surface area contributed by atoms with Crippen LogP contribution in [0.4, 0.5) is 0 Å². The maximum absolute atomic E-state index is 8.97. The summed E-state index contributed by atoms with van der Waals surface area (Å²) in [5, 5.41) is 13.3. The Morgan fingerprint density at radius 1 is 1.44 bits per heavy atom. The van der Waals surface area contributed by atoms with Crippen LogP contribution in [0.3, 0.4) is 0 Å². The van der Waals surface area contributed by atoms with Crippen LogP contribution in [0.25, 0.3) is 5.69 Å². The van der Waals surface area contributed by atoms with Crippen LogP contribution in [0.5, 0.6) is 0 Å². The van der Waals surface area contributed by atoms with Crippen molar-refractivity contribution in [3.8, 4) is 11.8 Å². The number of hydrogen-bond acceptors (Lipinski definition) is 2. The van der Waals surface area contributed by atoms with E-state index in [1.54, 1.807) is 22.9 Å². The average Bonchev–Trinajstić information content (AvgIpc) is 2.57. The third kappa shape index (κ3) is 2.23. The van der Waals surface area contributed by atoms with E-state index < -0.39 is 0 Å². The van der Waals surface area contributed by atoms with Crippen LogP contribution in [-0.4, -0.2) is 9.78 Å². The molecule has 1 heterocycles. The molecule has 2 rings (SSSR count). The van der Waals surface area contributed by atoms with Crippen molar-refractivity contribution in [2.24, 2.45) is 0 Å².